The largest absolute Gasteiger partial charge is 0.489 e. The van der Waals surface area contributed by atoms with Crippen LogP contribution in [-0.4, -0.2) is 6.61 Å². The van der Waals surface area contributed by atoms with Crippen LogP contribution in [-0.2, 0) is 0 Å². The number of rotatable bonds is 8. The van der Waals surface area contributed by atoms with Crippen LogP contribution in [0.15, 0.2) is 79.8 Å². The highest BCUT2D eigenvalue weighted by atomic mass is 16.5. The normalized spacial score (nSPS) is 12.1. The number of nitrogens with one attached hydrogen (secondary N) is 1. The molecule has 4 aromatic rings. The van der Waals surface area contributed by atoms with E-state index in [0.717, 1.165) is 18.4 Å². The van der Waals surface area contributed by atoms with Crippen LogP contribution in [0.2, 0.25) is 0 Å². The summed E-state index contributed by atoms with van der Waals surface area (Å²) >= 11 is 0. The van der Waals surface area contributed by atoms with E-state index in [0.29, 0.717) is 23.4 Å². The predicted octanol–water partition coefficient (Wildman–Crippen LogP) is 4.24. The number of nitrogens with two attached hydrogens (primary N) is 1. The first kappa shape index (κ1) is 29.4. The van der Waals surface area contributed by atoms with Crippen molar-refractivity contribution >= 4 is 5.69 Å². The molecule has 0 radical (unpaired) electrons. The standard InChI is InChI=1S/C14H15NO2.C9H13N.C7H8O3/c1-3-11(10-7-5-4-6-8-10)15-12-9(2)13(16)14(12)17;1-2-9(10)8-6-4-3-5-7-8;1-3-10-7-4(2)5(8)6(7)9/h4-8,11,15H,3H2,1-2H3;3-7,9H,2,10H2,1H3;3H2,1-2H3/t11-;9-;/m11./s1. The van der Waals surface area contributed by atoms with Crippen LogP contribution in [0.25, 0.3) is 0 Å². The number of anilines is 1. The fourth-order valence-electron chi connectivity index (χ4n) is 3.70. The molecular formula is C30H36N2O5. The number of ether oxygens (including phenoxy) is 1. The van der Waals surface area contributed by atoms with Crippen molar-refractivity contribution < 1.29 is 4.74 Å². The Balaban J connectivity index is 0.000000208. The van der Waals surface area contributed by atoms with Crippen LogP contribution in [0, 0.1) is 13.8 Å². The van der Waals surface area contributed by atoms with E-state index in [1.165, 1.54) is 5.56 Å². The van der Waals surface area contributed by atoms with Gasteiger partial charge in [-0.25, -0.2) is 0 Å². The molecule has 0 fully saturated rings. The number of benzene rings is 2. The van der Waals surface area contributed by atoms with E-state index in [9.17, 15) is 19.2 Å². The topological polar surface area (TPSA) is 116 Å². The molecule has 0 bridgehead atoms. The van der Waals surface area contributed by atoms with Gasteiger partial charge < -0.3 is 15.8 Å². The van der Waals surface area contributed by atoms with E-state index in [-0.39, 0.29) is 23.3 Å². The first-order valence-corrected chi connectivity index (χ1v) is 12.5. The van der Waals surface area contributed by atoms with Crippen molar-refractivity contribution in [2.24, 2.45) is 5.73 Å². The SMILES string of the molecule is CCOc1c(C)c(=O)c1=O.CC[C@@H](N)c1ccccc1.CC[C@@H](Nc1c(C)c(=O)c1=O)c1ccccc1. The zero-order chi connectivity index (χ0) is 27.5. The molecule has 4 rings (SSSR count). The molecular weight excluding hydrogens is 468 g/mol. The first-order chi connectivity index (χ1) is 17.7. The Labute approximate surface area is 217 Å². The van der Waals surface area contributed by atoms with Crippen molar-refractivity contribution in [3.8, 4) is 5.75 Å². The quantitative estimate of drug-likeness (QED) is 0.345. The van der Waals surface area contributed by atoms with Gasteiger partial charge in [0.25, 0.3) is 5.43 Å². The fourth-order valence-corrected chi connectivity index (χ4v) is 3.70. The Morgan fingerprint density at radius 3 is 1.65 bits per heavy atom. The van der Waals surface area contributed by atoms with Gasteiger partial charge in [0.2, 0.25) is 16.3 Å². The predicted molar refractivity (Wildman–Crippen MR) is 150 cm³/mol. The Bertz CT molecular complexity index is 1400. The molecule has 0 amide bonds. The smallest absolute Gasteiger partial charge is 0.268 e. The van der Waals surface area contributed by atoms with Gasteiger partial charge in [-0.2, -0.15) is 0 Å². The van der Waals surface area contributed by atoms with Gasteiger partial charge in [0, 0.05) is 17.2 Å². The molecule has 0 aliphatic rings. The summed E-state index contributed by atoms with van der Waals surface area (Å²) in [5, 5.41) is 3.16. The van der Waals surface area contributed by atoms with Gasteiger partial charge in [0.05, 0.1) is 18.3 Å². The Morgan fingerprint density at radius 2 is 1.22 bits per heavy atom. The molecule has 0 aliphatic heterocycles. The Morgan fingerprint density at radius 1 is 0.703 bits per heavy atom. The lowest BCUT2D eigenvalue weighted by Gasteiger charge is -2.20. The van der Waals surface area contributed by atoms with Crippen LogP contribution in [0.5, 0.6) is 5.75 Å². The summed E-state index contributed by atoms with van der Waals surface area (Å²) in [5.41, 5.74) is 7.97. The summed E-state index contributed by atoms with van der Waals surface area (Å²) in [6, 6.07) is 20.4. The number of hydrogen-bond acceptors (Lipinski definition) is 7. The molecule has 2 atom stereocenters. The molecule has 7 nitrogen and oxygen atoms in total. The Hall–Kier alpha value is -3.84. The average Bonchev–Trinajstić information content (AvgIpc) is 2.96. The lowest BCUT2D eigenvalue weighted by molar-refractivity contribution is 0.330. The maximum Gasteiger partial charge on any atom is 0.268 e. The van der Waals surface area contributed by atoms with Crippen LogP contribution >= 0.6 is 0 Å². The van der Waals surface area contributed by atoms with E-state index in [4.69, 9.17) is 10.5 Å². The molecule has 7 heteroatoms. The lowest BCUT2D eigenvalue weighted by atomic mass is 10.0. The van der Waals surface area contributed by atoms with Crippen molar-refractivity contribution in [1.29, 1.82) is 0 Å². The van der Waals surface area contributed by atoms with Gasteiger partial charge >= 0.3 is 0 Å². The van der Waals surface area contributed by atoms with Crippen molar-refractivity contribution in [2.45, 2.75) is 59.5 Å². The van der Waals surface area contributed by atoms with Gasteiger partial charge in [-0.3, -0.25) is 19.2 Å². The fraction of sp³-hybridized carbons (Fsp3) is 0.333. The zero-order valence-electron chi connectivity index (χ0n) is 22.2. The first-order valence-electron chi connectivity index (χ1n) is 12.5. The summed E-state index contributed by atoms with van der Waals surface area (Å²) in [5.74, 6) is 0.243. The summed E-state index contributed by atoms with van der Waals surface area (Å²) in [7, 11) is 0. The molecule has 0 unspecified atom stereocenters. The van der Waals surface area contributed by atoms with Crippen LogP contribution in [0.4, 0.5) is 5.69 Å². The maximum absolute atomic E-state index is 11.4. The van der Waals surface area contributed by atoms with Crippen LogP contribution in [0.3, 0.4) is 0 Å². The van der Waals surface area contributed by atoms with E-state index in [1.807, 2.05) is 55.5 Å². The van der Waals surface area contributed by atoms with Gasteiger partial charge in [0.15, 0.2) is 5.75 Å². The molecule has 4 aromatic carbocycles. The molecule has 0 spiro atoms. The molecule has 3 N–H and O–H groups in total. The summed E-state index contributed by atoms with van der Waals surface area (Å²) < 4.78 is 4.88. The van der Waals surface area contributed by atoms with Gasteiger partial charge in [0.1, 0.15) is 0 Å². The zero-order valence-corrected chi connectivity index (χ0v) is 22.2. The van der Waals surface area contributed by atoms with Crippen molar-refractivity contribution in [3.63, 3.8) is 0 Å². The van der Waals surface area contributed by atoms with Crippen molar-refractivity contribution in [1.82, 2.24) is 0 Å². The van der Waals surface area contributed by atoms with Crippen LogP contribution in [0.1, 0.15) is 68.0 Å². The van der Waals surface area contributed by atoms with Crippen molar-refractivity contribution in [2.75, 3.05) is 11.9 Å². The molecule has 196 valence electrons. The number of hydrogen-bond donors (Lipinski definition) is 2. The van der Waals surface area contributed by atoms with Crippen molar-refractivity contribution in [3.05, 3.63) is 124 Å². The molecule has 0 aromatic heterocycles. The second-order valence-electron chi connectivity index (χ2n) is 8.64. The minimum atomic E-state index is -0.487. The third-order valence-electron chi connectivity index (χ3n) is 6.13. The van der Waals surface area contributed by atoms with Gasteiger partial charge in [-0.05, 0) is 44.7 Å². The third-order valence-corrected chi connectivity index (χ3v) is 6.13. The third kappa shape index (κ3) is 7.33. The van der Waals surface area contributed by atoms with E-state index in [2.05, 4.69) is 24.4 Å². The lowest BCUT2D eigenvalue weighted by Crippen LogP contribution is -2.37. The monoisotopic (exact) mass is 504 g/mol. The molecule has 0 saturated heterocycles. The summed E-state index contributed by atoms with van der Waals surface area (Å²) in [6.45, 7) is 9.63. The summed E-state index contributed by atoms with van der Waals surface area (Å²) in [4.78, 5) is 43.7. The minimum Gasteiger partial charge on any atom is -0.489 e. The highest BCUT2D eigenvalue weighted by molar-refractivity contribution is 5.56. The molecule has 0 saturated carbocycles. The minimum absolute atomic E-state index is 0.0817. The van der Waals surface area contributed by atoms with Crippen LogP contribution < -0.4 is 37.5 Å². The molecule has 0 heterocycles. The maximum atomic E-state index is 11.4. The van der Waals surface area contributed by atoms with Gasteiger partial charge in [-0.1, -0.05) is 74.5 Å². The molecule has 37 heavy (non-hydrogen) atoms. The molecule has 0 aliphatic carbocycles. The van der Waals surface area contributed by atoms with E-state index >= 15 is 0 Å². The van der Waals surface area contributed by atoms with Gasteiger partial charge in [-0.15, -0.1) is 0 Å². The highest BCUT2D eigenvalue weighted by Crippen LogP contribution is 2.22. The van der Waals surface area contributed by atoms with E-state index in [1.54, 1.807) is 20.8 Å². The average molecular weight is 505 g/mol. The second kappa shape index (κ2) is 14.0. The highest BCUT2D eigenvalue weighted by Gasteiger charge is 2.20. The Kier molecular flexibility index (Phi) is 11.2. The van der Waals surface area contributed by atoms with E-state index < -0.39 is 16.3 Å². The second-order valence-corrected chi connectivity index (χ2v) is 8.64. The summed E-state index contributed by atoms with van der Waals surface area (Å²) in [6.07, 6.45) is 1.87.